The predicted octanol–water partition coefficient (Wildman–Crippen LogP) is 12.2. The maximum Gasteiger partial charge on any atom is 0.135 e. The van der Waals surface area contributed by atoms with Crippen molar-refractivity contribution in [2.75, 3.05) is 0 Å². The first-order valence-corrected chi connectivity index (χ1v) is 18.1. The van der Waals surface area contributed by atoms with Gasteiger partial charge < -0.3 is 4.74 Å². The Morgan fingerprint density at radius 3 is 1.65 bits per heavy atom. The quantitative estimate of drug-likeness (QED) is 0.180. The normalized spacial score (nSPS) is 16.7. The fraction of sp³-hybridized carbons (Fsp3) is 0.366. The largest absolute Gasteiger partial charge is 0.456 e. The van der Waals surface area contributed by atoms with Crippen LogP contribution in [0.15, 0.2) is 84.9 Å². The summed E-state index contributed by atoms with van der Waals surface area (Å²) in [5, 5.41) is 6.90. The van der Waals surface area contributed by atoms with Gasteiger partial charge in [-0.1, -0.05) is 131 Å². The second-order valence-corrected chi connectivity index (χ2v) is 15.9. The SMILES string of the molecule is Cc1cc(C)c(Oc2ccc3ccccc3c2-c2c(P(C3CCCCC3)C3CCCCC3)ccc3ccccc23)c(C)c1. The summed E-state index contributed by atoms with van der Waals surface area (Å²) in [5.74, 6) is 1.97. The number of aryl methyl sites for hydroxylation is 3. The van der Waals surface area contributed by atoms with Gasteiger partial charge in [-0.3, -0.25) is 0 Å². The fourth-order valence-electron chi connectivity index (χ4n) is 8.18. The third-order valence-corrected chi connectivity index (χ3v) is 13.6. The third-order valence-electron chi connectivity index (χ3n) is 10.1. The van der Waals surface area contributed by atoms with Crippen molar-refractivity contribution in [3.63, 3.8) is 0 Å². The Balaban J connectivity index is 1.52. The zero-order valence-corrected chi connectivity index (χ0v) is 27.1. The summed E-state index contributed by atoms with van der Waals surface area (Å²) in [6.07, 6.45) is 14.0. The zero-order chi connectivity index (χ0) is 29.3. The number of ether oxygens (including phenoxy) is 1. The van der Waals surface area contributed by atoms with E-state index in [-0.39, 0.29) is 7.92 Å². The van der Waals surface area contributed by atoms with Crippen LogP contribution in [0.5, 0.6) is 11.5 Å². The molecule has 0 spiro atoms. The van der Waals surface area contributed by atoms with Crippen molar-refractivity contribution in [2.45, 2.75) is 96.3 Å². The van der Waals surface area contributed by atoms with Gasteiger partial charge in [0.15, 0.2) is 0 Å². The van der Waals surface area contributed by atoms with Gasteiger partial charge in [0.05, 0.1) is 0 Å². The van der Waals surface area contributed by atoms with Crippen molar-refractivity contribution >= 4 is 34.8 Å². The van der Waals surface area contributed by atoms with Crippen LogP contribution in [0.3, 0.4) is 0 Å². The van der Waals surface area contributed by atoms with Crippen molar-refractivity contribution in [3.8, 4) is 22.6 Å². The molecule has 2 saturated carbocycles. The number of benzene rings is 5. The van der Waals surface area contributed by atoms with Gasteiger partial charge in [0.1, 0.15) is 11.5 Å². The molecule has 2 heteroatoms. The van der Waals surface area contributed by atoms with E-state index in [1.54, 1.807) is 5.30 Å². The van der Waals surface area contributed by atoms with Gasteiger partial charge in [-0.2, -0.15) is 0 Å². The van der Waals surface area contributed by atoms with Crippen LogP contribution in [0, 0.1) is 20.8 Å². The molecule has 2 aliphatic rings. The molecule has 0 heterocycles. The van der Waals surface area contributed by atoms with Crippen molar-refractivity contribution in [2.24, 2.45) is 0 Å². The minimum Gasteiger partial charge on any atom is -0.456 e. The predicted molar refractivity (Wildman–Crippen MR) is 188 cm³/mol. The van der Waals surface area contributed by atoms with Crippen LogP contribution in [0.1, 0.15) is 80.9 Å². The summed E-state index contributed by atoms with van der Waals surface area (Å²) in [7, 11) is -0.309. The highest BCUT2D eigenvalue weighted by atomic mass is 31.1. The zero-order valence-electron chi connectivity index (χ0n) is 26.2. The minimum absolute atomic E-state index is 0.309. The monoisotopic (exact) mass is 584 g/mol. The Labute approximate surface area is 259 Å². The van der Waals surface area contributed by atoms with E-state index < -0.39 is 0 Å². The first-order chi connectivity index (χ1) is 21.1. The Morgan fingerprint density at radius 2 is 1.07 bits per heavy atom. The maximum absolute atomic E-state index is 7.07. The lowest BCUT2D eigenvalue weighted by atomic mass is 9.93. The smallest absolute Gasteiger partial charge is 0.135 e. The van der Waals surface area contributed by atoms with E-state index in [1.807, 2.05) is 0 Å². The lowest BCUT2D eigenvalue weighted by Gasteiger charge is -2.40. The van der Waals surface area contributed by atoms with Crippen molar-refractivity contribution in [1.82, 2.24) is 0 Å². The average molecular weight is 585 g/mol. The molecular formula is C41H45OP. The lowest BCUT2D eigenvalue weighted by Crippen LogP contribution is -2.27. The van der Waals surface area contributed by atoms with E-state index in [1.165, 1.54) is 114 Å². The molecule has 7 rings (SSSR count). The molecule has 0 bridgehead atoms. The standard InChI is InChI=1S/C41H45OP/c1-28-26-29(2)41(30(3)27-28)42-37-24-22-31-14-10-12-20-35(31)39(37)40-36-21-13-11-15-32(36)23-25-38(40)43(33-16-6-4-7-17-33)34-18-8-5-9-19-34/h10-15,20-27,33-34H,4-9,16-19H2,1-3H3. The summed E-state index contributed by atoms with van der Waals surface area (Å²) >= 11 is 0. The van der Waals surface area contributed by atoms with E-state index >= 15 is 0 Å². The number of hydrogen-bond acceptors (Lipinski definition) is 1. The van der Waals surface area contributed by atoms with Crippen LogP contribution in [-0.4, -0.2) is 11.3 Å². The Hall–Kier alpha value is -3.15. The van der Waals surface area contributed by atoms with E-state index in [2.05, 4.69) is 106 Å². The van der Waals surface area contributed by atoms with E-state index in [4.69, 9.17) is 4.74 Å². The van der Waals surface area contributed by atoms with Crippen molar-refractivity contribution < 1.29 is 4.74 Å². The van der Waals surface area contributed by atoms with Crippen molar-refractivity contribution in [1.29, 1.82) is 0 Å². The van der Waals surface area contributed by atoms with Gasteiger partial charge >= 0.3 is 0 Å². The Kier molecular flexibility index (Phi) is 8.29. The second-order valence-electron chi connectivity index (χ2n) is 13.2. The molecule has 0 amide bonds. The van der Waals surface area contributed by atoms with Crippen LogP contribution in [0.25, 0.3) is 32.7 Å². The molecule has 2 aliphatic carbocycles. The highest BCUT2D eigenvalue weighted by Crippen LogP contribution is 2.58. The van der Waals surface area contributed by atoms with E-state index in [0.717, 1.165) is 22.8 Å². The molecule has 0 aliphatic heterocycles. The number of rotatable bonds is 6. The molecule has 43 heavy (non-hydrogen) atoms. The molecular weight excluding hydrogens is 539 g/mol. The Morgan fingerprint density at radius 1 is 0.558 bits per heavy atom. The molecule has 0 unspecified atom stereocenters. The van der Waals surface area contributed by atoms with E-state index in [0.29, 0.717) is 0 Å². The molecule has 0 radical (unpaired) electrons. The molecule has 0 N–H and O–H groups in total. The summed E-state index contributed by atoms with van der Waals surface area (Å²) in [4.78, 5) is 0. The van der Waals surface area contributed by atoms with Gasteiger partial charge in [0, 0.05) is 11.1 Å². The molecule has 1 nitrogen and oxygen atoms in total. The molecule has 5 aromatic carbocycles. The topological polar surface area (TPSA) is 9.23 Å². The Bertz CT molecular complexity index is 1710. The summed E-state index contributed by atoms with van der Waals surface area (Å²) < 4.78 is 7.07. The summed E-state index contributed by atoms with van der Waals surface area (Å²) in [5.41, 5.74) is 8.05. The van der Waals surface area contributed by atoms with Gasteiger partial charge in [-0.05, 0) is 102 Å². The van der Waals surface area contributed by atoms with Gasteiger partial charge in [-0.25, -0.2) is 0 Å². The lowest BCUT2D eigenvalue weighted by molar-refractivity contribution is 0.477. The van der Waals surface area contributed by atoms with Crippen LogP contribution in [0.4, 0.5) is 0 Å². The molecule has 220 valence electrons. The number of hydrogen-bond donors (Lipinski definition) is 0. The summed E-state index contributed by atoms with van der Waals surface area (Å²) in [6, 6.07) is 32.0. The molecule has 2 fully saturated rings. The van der Waals surface area contributed by atoms with Gasteiger partial charge in [-0.15, -0.1) is 0 Å². The van der Waals surface area contributed by atoms with Crippen LogP contribution < -0.4 is 10.0 Å². The van der Waals surface area contributed by atoms with Crippen LogP contribution >= 0.6 is 7.92 Å². The molecule has 5 aromatic rings. The first kappa shape index (κ1) is 28.6. The van der Waals surface area contributed by atoms with Crippen molar-refractivity contribution in [3.05, 3.63) is 102 Å². The number of fused-ring (bicyclic) bond motifs is 2. The fourth-order valence-corrected chi connectivity index (χ4v) is 12.1. The molecule has 0 saturated heterocycles. The average Bonchev–Trinajstić information content (AvgIpc) is 3.04. The first-order valence-electron chi connectivity index (χ1n) is 16.7. The summed E-state index contributed by atoms with van der Waals surface area (Å²) in [6.45, 7) is 6.54. The van der Waals surface area contributed by atoms with Crippen LogP contribution in [0.2, 0.25) is 0 Å². The van der Waals surface area contributed by atoms with E-state index in [9.17, 15) is 0 Å². The van der Waals surface area contributed by atoms with Gasteiger partial charge in [0.25, 0.3) is 0 Å². The maximum atomic E-state index is 7.07. The molecule has 0 atom stereocenters. The molecule has 0 aromatic heterocycles. The second kappa shape index (κ2) is 12.5. The highest BCUT2D eigenvalue weighted by molar-refractivity contribution is 7.67. The third kappa shape index (κ3) is 5.62. The van der Waals surface area contributed by atoms with Gasteiger partial charge in [0.2, 0.25) is 0 Å². The van der Waals surface area contributed by atoms with Crippen LogP contribution in [-0.2, 0) is 0 Å². The minimum atomic E-state index is -0.309. The highest BCUT2D eigenvalue weighted by Gasteiger charge is 2.35.